The first kappa shape index (κ1) is 42.1. The van der Waals surface area contributed by atoms with E-state index in [0.717, 1.165) is 22.4 Å². The van der Waals surface area contributed by atoms with Gasteiger partial charge in [-0.25, -0.2) is 14.6 Å². The Morgan fingerprint density at radius 1 is 0.731 bits per heavy atom. The van der Waals surface area contributed by atoms with Crippen LogP contribution in [0.5, 0.6) is 0 Å². The fourth-order valence-electron chi connectivity index (χ4n) is 5.45. The van der Waals surface area contributed by atoms with E-state index >= 15 is 0 Å². The number of hydrogen-bond acceptors (Lipinski definition) is 9. The highest BCUT2D eigenvalue weighted by Gasteiger charge is 2.38. The van der Waals surface area contributed by atoms with Crippen LogP contribution in [0.4, 0.5) is 9.59 Å². The number of nitrogens with zero attached hydrogens (tertiary/aromatic N) is 2. The number of alkyl carbamates (subject to hydrolysis) is 2. The molecule has 3 rings (SSSR count). The van der Waals surface area contributed by atoms with Gasteiger partial charge in [-0.3, -0.25) is 20.0 Å². The molecular weight excluding hydrogens is 779 g/mol. The van der Waals surface area contributed by atoms with Crippen molar-refractivity contribution in [2.75, 3.05) is 20.8 Å². The van der Waals surface area contributed by atoms with Crippen LogP contribution in [0, 0.1) is 10.8 Å². The number of rotatable bonds is 15. The molecule has 3 aromatic rings. The lowest BCUT2D eigenvalue weighted by Gasteiger charge is -2.36. The standard InChI is InChI=1S/C38H51IN6O7/c1-37(2,3)31(42-35(48)50-7)33(46)41-29(22-25-14-10-9-11-15-25)30(52-39)24-45(44-34(47)32(38(4,5)6)43-36(49)51-8)23-26-17-19-27(20-18-26)28-16-12-13-21-40-28/h9-21,29-32H,22-24H2,1-8H3,(H,41,46)(H,42,48)(H,43,49)(H,44,47)/t29-,30-,31+,32+/m0/s1. The van der Waals surface area contributed by atoms with Gasteiger partial charge in [0.25, 0.3) is 5.91 Å². The summed E-state index contributed by atoms with van der Waals surface area (Å²) in [7, 11) is 2.48. The van der Waals surface area contributed by atoms with Crippen LogP contribution in [-0.4, -0.2) is 79.0 Å². The van der Waals surface area contributed by atoms with E-state index in [0.29, 0.717) is 6.42 Å². The van der Waals surface area contributed by atoms with Crippen LogP contribution >= 0.6 is 23.0 Å². The lowest BCUT2D eigenvalue weighted by atomic mass is 9.85. The quantitative estimate of drug-likeness (QED) is 0.113. The van der Waals surface area contributed by atoms with E-state index in [9.17, 15) is 19.2 Å². The summed E-state index contributed by atoms with van der Waals surface area (Å²) in [6.07, 6.45) is -0.0329. The zero-order valence-corrected chi connectivity index (χ0v) is 33.2. The summed E-state index contributed by atoms with van der Waals surface area (Å²) >= 11 is 1.81. The average molecular weight is 831 g/mol. The van der Waals surface area contributed by atoms with E-state index < -0.39 is 59.1 Å². The lowest BCUT2D eigenvalue weighted by Crippen LogP contribution is -2.61. The maximum absolute atomic E-state index is 13.9. The molecule has 0 radical (unpaired) electrons. The number of methoxy groups -OCH3 is 2. The SMILES string of the molecule is COC(=O)N[C@H](C(=O)N[C@@H](Cc1ccccc1)[C@H](CN(Cc1ccc(-c2ccccn2)cc1)NC(=O)[C@@H](NC(=O)OC)C(C)(C)C)OI)C(C)(C)C. The molecule has 0 saturated heterocycles. The third kappa shape index (κ3) is 13.0. The summed E-state index contributed by atoms with van der Waals surface area (Å²) in [5.41, 5.74) is 5.25. The van der Waals surface area contributed by atoms with Crippen LogP contribution in [0.25, 0.3) is 11.3 Å². The molecule has 14 heteroatoms. The largest absolute Gasteiger partial charge is 0.453 e. The monoisotopic (exact) mass is 830 g/mol. The first-order valence-corrected chi connectivity index (χ1v) is 17.8. The zero-order valence-electron chi connectivity index (χ0n) is 31.1. The molecular formula is C38H51IN6O7. The van der Waals surface area contributed by atoms with Gasteiger partial charge in [0, 0.05) is 24.8 Å². The molecule has 282 valence electrons. The van der Waals surface area contributed by atoms with Gasteiger partial charge in [0.15, 0.2) is 0 Å². The second-order valence-electron chi connectivity index (χ2n) is 14.6. The van der Waals surface area contributed by atoms with Crippen LogP contribution in [-0.2, 0) is 35.1 Å². The number of aromatic nitrogens is 1. The fraction of sp³-hybridized carbons (Fsp3) is 0.447. The summed E-state index contributed by atoms with van der Waals surface area (Å²) in [5, 5.41) is 10.1. The summed E-state index contributed by atoms with van der Waals surface area (Å²) in [6, 6.07) is 20.7. The molecule has 4 atom stereocenters. The van der Waals surface area contributed by atoms with Crippen molar-refractivity contribution in [1.29, 1.82) is 0 Å². The summed E-state index contributed by atoms with van der Waals surface area (Å²) in [4.78, 5) is 56.8. The highest BCUT2D eigenvalue weighted by atomic mass is 127. The van der Waals surface area contributed by atoms with E-state index in [4.69, 9.17) is 12.5 Å². The zero-order chi connectivity index (χ0) is 38.5. The van der Waals surface area contributed by atoms with Crippen molar-refractivity contribution in [2.45, 2.75) is 78.7 Å². The van der Waals surface area contributed by atoms with Crippen LogP contribution in [0.3, 0.4) is 0 Å². The molecule has 0 fully saturated rings. The minimum absolute atomic E-state index is 0.119. The van der Waals surface area contributed by atoms with Crippen molar-refractivity contribution in [3.8, 4) is 11.3 Å². The maximum Gasteiger partial charge on any atom is 0.407 e. The predicted molar refractivity (Wildman–Crippen MR) is 207 cm³/mol. The van der Waals surface area contributed by atoms with E-state index in [-0.39, 0.29) is 13.1 Å². The Kier molecular flexibility index (Phi) is 15.8. The Labute approximate surface area is 320 Å². The van der Waals surface area contributed by atoms with Gasteiger partial charge in [-0.2, -0.15) is 0 Å². The predicted octanol–water partition coefficient (Wildman–Crippen LogP) is 5.59. The third-order valence-corrected chi connectivity index (χ3v) is 8.95. The molecule has 13 nitrogen and oxygen atoms in total. The Morgan fingerprint density at radius 2 is 1.29 bits per heavy atom. The van der Waals surface area contributed by atoms with Crippen molar-refractivity contribution in [2.24, 2.45) is 10.8 Å². The molecule has 1 aromatic heterocycles. The van der Waals surface area contributed by atoms with Crippen molar-refractivity contribution in [1.82, 2.24) is 31.4 Å². The fourth-order valence-corrected chi connectivity index (χ4v) is 5.97. The molecule has 52 heavy (non-hydrogen) atoms. The normalized spacial score (nSPS) is 14.0. The lowest BCUT2D eigenvalue weighted by molar-refractivity contribution is -0.132. The van der Waals surface area contributed by atoms with Gasteiger partial charge in [-0.15, -0.1) is 0 Å². The maximum atomic E-state index is 13.9. The molecule has 0 saturated carbocycles. The Balaban J connectivity index is 2.00. The van der Waals surface area contributed by atoms with Crippen molar-refractivity contribution in [3.63, 3.8) is 0 Å². The molecule has 0 aliphatic rings. The second kappa shape index (κ2) is 19.5. The van der Waals surface area contributed by atoms with E-state index in [1.165, 1.54) is 14.2 Å². The van der Waals surface area contributed by atoms with E-state index in [2.05, 4.69) is 26.4 Å². The molecule has 0 bridgehead atoms. The van der Waals surface area contributed by atoms with Crippen LogP contribution in [0.1, 0.15) is 52.7 Å². The number of hydrogen-bond donors (Lipinski definition) is 4. The van der Waals surface area contributed by atoms with Gasteiger partial charge in [0.05, 0.1) is 26.0 Å². The second-order valence-corrected chi connectivity index (χ2v) is 15.1. The van der Waals surface area contributed by atoms with Gasteiger partial charge in [0.2, 0.25) is 5.91 Å². The third-order valence-electron chi connectivity index (χ3n) is 8.30. The molecule has 2 aromatic carbocycles. The first-order chi connectivity index (χ1) is 24.5. The Bertz CT molecular complexity index is 1600. The molecule has 0 unspecified atom stereocenters. The molecule has 0 aliphatic carbocycles. The topological polar surface area (TPSA) is 160 Å². The number of nitrogens with one attached hydrogen (secondary N) is 4. The minimum atomic E-state index is -0.954. The van der Waals surface area contributed by atoms with Crippen molar-refractivity contribution in [3.05, 3.63) is 90.1 Å². The molecule has 1 heterocycles. The van der Waals surface area contributed by atoms with Gasteiger partial charge in [0.1, 0.15) is 41.2 Å². The minimum Gasteiger partial charge on any atom is -0.453 e. The van der Waals surface area contributed by atoms with Crippen LogP contribution < -0.4 is 21.4 Å². The van der Waals surface area contributed by atoms with Gasteiger partial charge < -0.3 is 28.5 Å². The molecule has 0 spiro atoms. The van der Waals surface area contributed by atoms with Crippen LogP contribution in [0.15, 0.2) is 79.0 Å². The number of ether oxygens (including phenoxy) is 2. The van der Waals surface area contributed by atoms with Gasteiger partial charge in [-0.1, -0.05) is 102 Å². The number of amides is 4. The number of benzene rings is 2. The van der Waals surface area contributed by atoms with Gasteiger partial charge >= 0.3 is 12.2 Å². The number of pyridine rings is 1. The Morgan fingerprint density at radius 3 is 1.79 bits per heavy atom. The number of hydrazine groups is 1. The molecule has 4 N–H and O–H groups in total. The number of halogens is 1. The van der Waals surface area contributed by atoms with E-state index in [1.807, 2.05) is 137 Å². The van der Waals surface area contributed by atoms with E-state index in [1.54, 1.807) is 11.2 Å². The highest BCUT2D eigenvalue weighted by Crippen LogP contribution is 2.23. The summed E-state index contributed by atoms with van der Waals surface area (Å²) < 4.78 is 15.7. The number of carbonyl (C=O) groups excluding carboxylic acids is 4. The van der Waals surface area contributed by atoms with Crippen LogP contribution in [0.2, 0.25) is 0 Å². The highest BCUT2D eigenvalue weighted by molar-refractivity contribution is 14.1. The molecule has 4 amide bonds. The Hall–Kier alpha value is -4.28. The summed E-state index contributed by atoms with van der Waals surface area (Å²) in [6.45, 7) is 11.4. The average Bonchev–Trinajstić information content (AvgIpc) is 3.11. The van der Waals surface area contributed by atoms with Gasteiger partial charge in [-0.05, 0) is 40.5 Å². The van der Waals surface area contributed by atoms with Crippen molar-refractivity contribution < 1.29 is 31.7 Å². The van der Waals surface area contributed by atoms with Crippen molar-refractivity contribution >= 4 is 47.0 Å². The molecule has 0 aliphatic heterocycles. The summed E-state index contributed by atoms with van der Waals surface area (Å²) in [5.74, 6) is -0.887. The first-order valence-electron chi connectivity index (χ1n) is 16.9. The number of carbonyl (C=O) groups is 4. The smallest absolute Gasteiger partial charge is 0.407 e.